The van der Waals surface area contributed by atoms with Gasteiger partial charge in [0.2, 0.25) is 0 Å². The van der Waals surface area contributed by atoms with Crippen molar-refractivity contribution in [3.05, 3.63) is 59.7 Å². The first-order valence-electron chi connectivity index (χ1n) is 6.34. The number of hydrogen-bond donors (Lipinski definition) is 1. The molecule has 0 saturated heterocycles. The lowest BCUT2D eigenvalue weighted by Gasteiger charge is -2.11. The summed E-state index contributed by atoms with van der Waals surface area (Å²) in [5.41, 5.74) is 7.29. The van der Waals surface area contributed by atoms with Crippen LogP contribution in [0, 0.1) is 0 Å². The third-order valence-electron chi connectivity index (χ3n) is 2.88. The molecule has 4 heteroatoms. The van der Waals surface area contributed by atoms with Crippen molar-refractivity contribution < 1.29 is 14.3 Å². The van der Waals surface area contributed by atoms with Crippen LogP contribution in [0.4, 0.5) is 5.69 Å². The molecule has 0 bridgehead atoms. The van der Waals surface area contributed by atoms with Crippen LogP contribution in [-0.4, -0.2) is 26.1 Å². The van der Waals surface area contributed by atoms with Gasteiger partial charge in [-0.25, -0.2) is 0 Å². The average molecular weight is 271 g/mol. The summed E-state index contributed by atoms with van der Waals surface area (Å²) in [5, 5.41) is 0. The molecule has 2 aromatic rings. The van der Waals surface area contributed by atoms with Gasteiger partial charge >= 0.3 is 0 Å². The highest BCUT2D eigenvalue weighted by Gasteiger charge is 2.16. The number of benzene rings is 2. The van der Waals surface area contributed by atoms with Crippen molar-refractivity contribution in [2.75, 3.05) is 26.1 Å². The second-order valence-corrected chi connectivity index (χ2v) is 4.25. The summed E-state index contributed by atoms with van der Waals surface area (Å²) in [6, 6.07) is 14.1. The van der Waals surface area contributed by atoms with Gasteiger partial charge in [0.25, 0.3) is 0 Å². The van der Waals surface area contributed by atoms with Gasteiger partial charge in [-0.1, -0.05) is 24.3 Å². The van der Waals surface area contributed by atoms with Crippen LogP contribution in [0.5, 0.6) is 5.75 Å². The normalized spacial score (nSPS) is 10.2. The van der Waals surface area contributed by atoms with Gasteiger partial charge in [0.15, 0.2) is 5.78 Å². The molecule has 4 nitrogen and oxygen atoms in total. The Morgan fingerprint density at radius 2 is 1.65 bits per heavy atom. The van der Waals surface area contributed by atoms with E-state index in [4.69, 9.17) is 15.2 Å². The topological polar surface area (TPSA) is 61.5 Å². The summed E-state index contributed by atoms with van der Waals surface area (Å²) < 4.78 is 10.5. The maximum atomic E-state index is 12.5. The lowest BCUT2D eigenvalue weighted by molar-refractivity contribution is 0.103. The Morgan fingerprint density at radius 1 is 1.00 bits per heavy atom. The predicted molar refractivity (Wildman–Crippen MR) is 78.1 cm³/mol. The van der Waals surface area contributed by atoms with Crippen LogP contribution in [0.2, 0.25) is 0 Å². The number of nitrogen functional groups attached to an aromatic ring is 1. The molecule has 0 heterocycles. The van der Waals surface area contributed by atoms with Gasteiger partial charge in [-0.2, -0.15) is 0 Å². The number of anilines is 1. The first kappa shape index (κ1) is 14.1. The molecule has 0 aliphatic rings. The Labute approximate surface area is 118 Å². The largest absolute Gasteiger partial charge is 0.490 e. The van der Waals surface area contributed by atoms with Crippen molar-refractivity contribution in [1.82, 2.24) is 0 Å². The van der Waals surface area contributed by atoms with E-state index in [1.807, 2.05) is 6.07 Å². The maximum absolute atomic E-state index is 12.5. The van der Waals surface area contributed by atoms with Crippen LogP contribution in [0.3, 0.4) is 0 Å². The van der Waals surface area contributed by atoms with Gasteiger partial charge in [0.1, 0.15) is 12.4 Å². The number of nitrogens with two attached hydrogens (primary N) is 1. The number of carbonyl (C=O) groups is 1. The Kier molecular flexibility index (Phi) is 4.74. The Hall–Kier alpha value is -2.33. The number of carbonyl (C=O) groups excluding carboxylic acids is 1. The molecule has 0 atom stereocenters. The molecule has 0 radical (unpaired) electrons. The van der Waals surface area contributed by atoms with Gasteiger partial charge in [-0.15, -0.1) is 0 Å². The molecule has 0 saturated carbocycles. The first-order chi connectivity index (χ1) is 9.74. The minimum Gasteiger partial charge on any atom is -0.490 e. The molecule has 2 aromatic carbocycles. The molecule has 0 unspecified atom stereocenters. The standard InChI is InChI=1S/C16H17NO3/c1-19-10-11-20-15-9-5-3-7-13(15)16(18)12-6-2-4-8-14(12)17/h2-9H,10-11,17H2,1H3. The van der Waals surface area contributed by atoms with E-state index in [0.717, 1.165) is 0 Å². The van der Waals surface area contributed by atoms with Crippen LogP contribution in [0.15, 0.2) is 48.5 Å². The fraction of sp³-hybridized carbons (Fsp3) is 0.188. The zero-order valence-electron chi connectivity index (χ0n) is 11.3. The molecule has 0 aromatic heterocycles. The van der Waals surface area contributed by atoms with Crippen molar-refractivity contribution >= 4 is 11.5 Å². The number of ether oxygens (including phenoxy) is 2. The minimum absolute atomic E-state index is 0.142. The molecule has 0 aliphatic carbocycles. The highest BCUT2D eigenvalue weighted by Crippen LogP contribution is 2.23. The number of ketones is 1. The molecular formula is C16H17NO3. The van der Waals surface area contributed by atoms with Crippen LogP contribution in [0.1, 0.15) is 15.9 Å². The molecule has 2 rings (SSSR count). The zero-order valence-corrected chi connectivity index (χ0v) is 11.3. The van der Waals surface area contributed by atoms with Crippen LogP contribution < -0.4 is 10.5 Å². The second-order valence-electron chi connectivity index (χ2n) is 4.25. The smallest absolute Gasteiger partial charge is 0.198 e. The highest BCUT2D eigenvalue weighted by atomic mass is 16.5. The van der Waals surface area contributed by atoms with Gasteiger partial charge < -0.3 is 15.2 Å². The Balaban J connectivity index is 2.28. The third-order valence-corrected chi connectivity index (χ3v) is 2.88. The van der Waals surface area contributed by atoms with E-state index in [0.29, 0.717) is 35.8 Å². The van der Waals surface area contributed by atoms with Gasteiger partial charge in [-0.05, 0) is 24.3 Å². The monoisotopic (exact) mass is 271 g/mol. The summed E-state index contributed by atoms with van der Waals surface area (Å²) in [5.74, 6) is 0.397. The molecule has 0 aliphatic heterocycles. The lowest BCUT2D eigenvalue weighted by Crippen LogP contribution is -2.10. The van der Waals surface area contributed by atoms with E-state index in [1.165, 1.54) is 0 Å². The van der Waals surface area contributed by atoms with E-state index in [9.17, 15) is 4.79 Å². The number of para-hydroxylation sites is 2. The highest BCUT2D eigenvalue weighted by molar-refractivity contribution is 6.13. The Bertz CT molecular complexity index is 596. The number of methoxy groups -OCH3 is 1. The summed E-state index contributed by atoms with van der Waals surface area (Å²) in [7, 11) is 1.60. The van der Waals surface area contributed by atoms with E-state index < -0.39 is 0 Å². The summed E-state index contributed by atoms with van der Waals surface area (Å²) in [6.45, 7) is 0.862. The minimum atomic E-state index is -0.142. The van der Waals surface area contributed by atoms with Crippen molar-refractivity contribution in [3.8, 4) is 5.75 Å². The molecule has 104 valence electrons. The van der Waals surface area contributed by atoms with E-state index >= 15 is 0 Å². The van der Waals surface area contributed by atoms with E-state index in [2.05, 4.69) is 0 Å². The maximum Gasteiger partial charge on any atom is 0.198 e. The summed E-state index contributed by atoms with van der Waals surface area (Å²) in [4.78, 5) is 12.5. The molecule has 0 amide bonds. The molecule has 0 spiro atoms. The molecule has 0 fully saturated rings. The van der Waals surface area contributed by atoms with E-state index in [-0.39, 0.29) is 5.78 Å². The van der Waals surface area contributed by atoms with Crippen molar-refractivity contribution in [2.45, 2.75) is 0 Å². The van der Waals surface area contributed by atoms with Gasteiger partial charge in [0, 0.05) is 18.4 Å². The summed E-state index contributed by atoms with van der Waals surface area (Å²) >= 11 is 0. The van der Waals surface area contributed by atoms with Gasteiger partial charge in [0.05, 0.1) is 12.2 Å². The van der Waals surface area contributed by atoms with Crippen LogP contribution >= 0.6 is 0 Å². The van der Waals surface area contributed by atoms with Crippen molar-refractivity contribution in [3.63, 3.8) is 0 Å². The van der Waals surface area contributed by atoms with E-state index in [1.54, 1.807) is 49.6 Å². The van der Waals surface area contributed by atoms with Crippen molar-refractivity contribution in [2.24, 2.45) is 0 Å². The fourth-order valence-electron chi connectivity index (χ4n) is 1.86. The molecule has 2 N–H and O–H groups in total. The van der Waals surface area contributed by atoms with Crippen LogP contribution in [-0.2, 0) is 4.74 Å². The quantitative estimate of drug-likeness (QED) is 0.498. The first-order valence-corrected chi connectivity index (χ1v) is 6.34. The second kappa shape index (κ2) is 6.73. The van der Waals surface area contributed by atoms with Crippen molar-refractivity contribution in [1.29, 1.82) is 0 Å². The Morgan fingerprint density at radius 3 is 2.35 bits per heavy atom. The fourth-order valence-corrected chi connectivity index (χ4v) is 1.86. The SMILES string of the molecule is COCCOc1ccccc1C(=O)c1ccccc1N. The number of rotatable bonds is 6. The molecular weight excluding hydrogens is 254 g/mol. The average Bonchev–Trinajstić information content (AvgIpc) is 2.48. The lowest BCUT2D eigenvalue weighted by atomic mass is 10.0. The predicted octanol–water partition coefficient (Wildman–Crippen LogP) is 2.53. The zero-order chi connectivity index (χ0) is 14.4. The molecule has 20 heavy (non-hydrogen) atoms. The van der Waals surface area contributed by atoms with Gasteiger partial charge in [-0.3, -0.25) is 4.79 Å². The third kappa shape index (κ3) is 3.16. The van der Waals surface area contributed by atoms with Crippen LogP contribution in [0.25, 0.3) is 0 Å². The number of hydrogen-bond acceptors (Lipinski definition) is 4. The summed E-state index contributed by atoms with van der Waals surface area (Å²) in [6.07, 6.45) is 0.